The molecule has 0 bridgehead atoms. The van der Waals surface area contributed by atoms with Crippen molar-refractivity contribution in [3.05, 3.63) is 59.7 Å². The molecule has 0 aromatic heterocycles. The van der Waals surface area contributed by atoms with E-state index in [1.165, 1.54) is 24.3 Å². The molecule has 2 aromatic rings. The normalized spacial score (nSPS) is 11.7. The van der Waals surface area contributed by atoms with Crippen molar-refractivity contribution >= 4 is 20.0 Å². The van der Waals surface area contributed by atoms with Crippen molar-refractivity contribution in [2.45, 2.75) is 23.6 Å². The third-order valence-electron chi connectivity index (χ3n) is 2.88. The summed E-state index contributed by atoms with van der Waals surface area (Å²) in [5.74, 6) is 0. The van der Waals surface area contributed by atoms with E-state index < -0.39 is 20.0 Å². The zero-order valence-corrected chi connectivity index (χ0v) is 17.3. The predicted octanol–water partition coefficient (Wildman–Crippen LogP) is -1.03. The molecule has 0 fully saturated rings. The van der Waals surface area contributed by atoms with Gasteiger partial charge in [0.05, 0.1) is 9.79 Å². The molecule has 0 saturated heterocycles. The summed E-state index contributed by atoms with van der Waals surface area (Å²) in [6.07, 6.45) is 0. The standard InChI is InChI=1S/C14H15NO4S2.K/c1-11-3-7-13(8-4-11)20(16,17)15-21(18,19)14-9-5-12(2)6-10-14;/h3-10,15H,1-2H3;/q;+1. The fraction of sp³-hybridized carbons (Fsp3) is 0.143. The van der Waals surface area contributed by atoms with E-state index in [4.69, 9.17) is 0 Å². The average Bonchev–Trinajstić information content (AvgIpc) is 2.38. The van der Waals surface area contributed by atoms with E-state index in [-0.39, 0.29) is 61.2 Å². The van der Waals surface area contributed by atoms with Gasteiger partial charge in [0, 0.05) is 0 Å². The first-order chi connectivity index (χ1) is 9.71. The van der Waals surface area contributed by atoms with E-state index in [0.29, 0.717) is 0 Å². The van der Waals surface area contributed by atoms with Crippen LogP contribution in [-0.4, -0.2) is 16.8 Å². The molecule has 0 aliphatic rings. The van der Waals surface area contributed by atoms with Gasteiger partial charge in [0.25, 0.3) is 20.0 Å². The minimum Gasteiger partial charge on any atom is -0.206 e. The molecule has 2 aromatic carbocycles. The van der Waals surface area contributed by atoms with Crippen LogP contribution in [0.4, 0.5) is 0 Å². The summed E-state index contributed by atoms with van der Waals surface area (Å²) >= 11 is 0. The maximum Gasteiger partial charge on any atom is 1.00 e. The Labute approximate surface area is 173 Å². The Kier molecular flexibility index (Phi) is 6.97. The summed E-state index contributed by atoms with van der Waals surface area (Å²) in [6.45, 7) is 3.62. The summed E-state index contributed by atoms with van der Waals surface area (Å²) in [5.41, 5.74) is 1.77. The Balaban J connectivity index is 0.00000242. The third-order valence-corrected chi connectivity index (χ3v) is 6.42. The molecule has 0 aliphatic carbocycles. The molecule has 5 nitrogen and oxygen atoms in total. The topological polar surface area (TPSA) is 80.3 Å². The van der Waals surface area contributed by atoms with Crippen molar-refractivity contribution in [3.63, 3.8) is 0 Å². The van der Waals surface area contributed by atoms with Crippen LogP contribution in [0.3, 0.4) is 0 Å². The van der Waals surface area contributed by atoms with Crippen LogP contribution >= 0.6 is 0 Å². The number of hydrogen-bond donors (Lipinski definition) is 1. The van der Waals surface area contributed by atoms with Crippen molar-refractivity contribution in [2.24, 2.45) is 0 Å². The van der Waals surface area contributed by atoms with Crippen LogP contribution in [0.5, 0.6) is 0 Å². The van der Waals surface area contributed by atoms with Crippen molar-refractivity contribution < 1.29 is 68.2 Å². The minimum atomic E-state index is -4.13. The van der Waals surface area contributed by atoms with Crippen LogP contribution in [0.15, 0.2) is 58.3 Å². The Bertz CT molecular complexity index is 769. The zero-order chi connectivity index (χ0) is 15.7. The number of sulfonamides is 2. The number of nitrogens with one attached hydrogen (secondary N) is 1. The van der Waals surface area contributed by atoms with Crippen molar-refractivity contribution in [2.75, 3.05) is 0 Å². The van der Waals surface area contributed by atoms with Crippen LogP contribution in [0.2, 0.25) is 0 Å². The molecule has 0 unspecified atom stereocenters. The maximum atomic E-state index is 12.1. The second kappa shape index (κ2) is 7.67. The molecule has 1 N–H and O–H groups in total. The first-order valence-electron chi connectivity index (χ1n) is 6.13. The molecule has 22 heavy (non-hydrogen) atoms. The molecule has 8 heteroatoms. The van der Waals surface area contributed by atoms with Gasteiger partial charge in [-0.2, -0.15) is 0 Å². The summed E-state index contributed by atoms with van der Waals surface area (Å²) in [7, 11) is -8.26. The van der Waals surface area contributed by atoms with E-state index in [0.717, 1.165) is 11.1 Å². The summed E-state index contributed by atoms with van der Waals surface area (Å²) in [6, 6.07) is 11.9. The summed E-state index contributed by atoms with van der Waals surface area (Å²) < 4.78 is 50.2. The van der Waals surface area contributed by atoms with Gasteiger partial charge in [-0.05, 0) is 38.1 Å². The molecule has 0 saturated carbocycles. The van der Waals surface area contributed by atoms with E-state index in [2.05, 4.69) is 0 Å². The van der Waals surface area contributed by atoms with Crippen LogP contribution in [0.1, 0.15) is 11.1 Å². The zero-order valence-electron chi connectivity index (χ0n) is 12.6. The van der Waals surface area contributed by atoms with E-state index >= 15 is 0 Å². The van der Waals surface area contributed by atoms with Crippen molar-refractivity contribution in [1.29, 1.82) is 0 Å². The summed E-state index contributed by atoms with van der Waals surface area (Å²) in [4.78, 5) is -0.187. The van der Waals surface area contributed by atoms with E-state index in [1.54, 1.807) is 28.4 Å². The number of benzene rings is 2. The van der Waals surface area contributed by atoms with Gasteiger partial charge in [0.15, 0.2) is 0 Å². The fourth-order valence-corrected chi connectivity index (χ4v) is 4.59. The first-order valence-corrected chi connectivity index (χ1v) is 9.09. The van der Waals surface area contributed by atoms with E-state index in [9.17, 15) is 16.8 Å². The Morgan fingerprint density at radius 3 is 1.18 bits per heavy atom. The summed E-state index contributed by atoms with van der Waals surface area (Å²) in [5, 5.41) is 0. The molecule has 112 valence electrons. The van der Waals surface area contributed by atoms with Gasteiger partial charge in [0.2, 0.25) is 0 Å². The minimum absolute atomic E-state index is 0. The molecule has 0 spiro atoms. The smallest absolute Gasteiger partial charge is 0.206 e. The SMILES string of the molecule is Cc1ccc(S(=O)(=O)NS(=O)(=O)c2ccc(C)cc2)cc1.[K+]. The van der Waals surface area contributed by atoms with Gasteiger partial charge in [-0.1, -0.05) is 35.4 Å². The average molecular weight is 365 g/mol. The van der Waals surface area contributed by atoms with Crippen LogP contribution in [-0.2, 0) is 20.0 Å². The van der Waals surface area contributed by atoms with Crippen molar-refractivity contribution in [1.82, 2.24) is 4.13 Å². The van der Waals surface area contributed by atoms with Gasteiger partial charge in [-0.3, -0.25) is 0 Å². The Hall–Kier alpha value is -0.0636. The van der Waals surface area contributed by atoms with Gasteiger partial charge in [0.1, 0.15) is 0 Å². The molecule has 0 atom stereocenters. The molecular weight excluding hydrogens is 349 g/mol. The molecule has 0 amide bonds. The van der Waals surface area contributed by atoms with Crippen LogP contribution in [0.25, 0.3) is 0 Å². The Morgan fingerprint density at radius 2 is 0.909 bits per heavy atom. The van der Waals surface area contributed by atoms with Crippen LogP contribution in [0, 0.1) is 13.8 Å². The number of rotatable bonds is 4. The molecule has 0 radical (unpaired) electrons. The monoisotopic (exact) mass is 364 g/mol. The molecule has 2 rings (SSSR count). The van der Waals surface area contributed by atoms with Gasteiger partial charge < -0.3 is 0 Å². The van der Waals surface area contributed by atoms with Crippen LogP contribution < -0.4 is 55.5 Å². The first kappa shape index (κ1) is 20.0. The maximum absolute atomic E-state index is 12.1. The van der Waals surface area contributed by atoms with Gasteiger partial charge in [-0.25, -0.2) is 16.8 Å². The fourth-order valence-electron chi connectivity index (χ4n) is 1.68. The predicted molar refractivity (Wildman–Crippen MR) is 79.9 cm³/mol. The largest absolute Gasteiger partial charge is 1.00 e. The van der Waals surface area contributed by atoms with Gasteiger partial charge in [-0.15, -0.1) is 4.13 Å². The van der Waals surface area contributed by atoms with E-state index in [1.807, 2.05) is 13.8 Å². The third kappa shape index (κ3) is 4.97. The molecule has 0 aliphatic heterocycles. The quantitative estimate of drug-likeness (QED) is 0.704. The number of aryl methyl sites for hydroxylation is 2. The second-order valence-corrected chi connectivity index (χ2v) is 8.34. The molecule has 0 heterocycles. The van der Waals surface area contributed by atoms with Gasteiger partial charge >= 0.3 is 51.4 Å². The van der Waals surface area contributed by atoms with Crippen molar-refractivity contribution in [3.8, 4) is 0 Å². The molecular formula is C14H15KNO4S2+. The Morgan fingerprint density at radius 1 is 0.636 bits per heavy atom. The number of hydrogen-bond acceptors (Lipinski definition) is 4. The second-order valence-electron chi connectivity index (χ2n) is 4.72.